The number of ether oxygens (including phenoxy) is 2. The first-order valence-corrected chi connectivity index (χ1v) is 11.4. The maximum absolute atomic E-state index is 13.7. The number of aromatic amines is 1. The van der Waals surface area contributed by atoms with Gasteiger partial charge in [0.25, 0.3) is 0 Å². The van der Waals surface area contributed by atoms with Gasteiger partial charge in [-0.05, 0) is 48.2 Å². The third kappa shape index (κ3) is 4.86. The molecule has 5 nitrogen and oxygen atoms in total. The molecule has 0 fully saturated rings. The molecule has 0 bridgehead atoms. The standard InChI is InChI=1S/C28H25FN2O3/c29-20-8-4-9-21(16-20)33-18-24-22-10-5-11-25(32)23(22)12-13-26(24)34-27(17-28-30-14-15-31-28)19-6-2-1-3-7-19/h1-4,6-9,12-16,27H,5,10-11,17-18H2,(H,30,31)/t27-/m0/s1. The van der Waals surface area contributed by atoms with Crippen LogP contribution in [-0.2, 0) is 19.4 Å². The highest BCUT2D eigenvalue weighted by Gasteiger charge is 2.25. The van der Waals surface area contributed by atoms with E-state index >= 15 is 0 Å². The molecule has 0 saturated carbocycles. The summed E-state index contributed by atoms with van der Waals surface area (Å²) in [6.07, 6.45) is 5.88. The van der Waals surface area contributed by atoms with E-state index in [0.29, 0.717) is 24.3 Å². The van der Waals surface area contributed by atoms with E-state index in [9.17, 15) is 9.18 Å². The number of imidazole rings is 1. The molecule has 4 aromatic rings. The van der Waals surface area contributed by atoms with Gasteiger partial charge < -0.3 is 14.5 Å². The molecule has 1 atom stereocenters. The smallest absolute Gasteiger partial charge is 0.163 e. The molecule has 0 radical (unpaired) electrons. The minimum Gasteiger partial charge on any atom is -0.489 e. The second-order valence-electron chi connectivity index (χ2n) is 8.35. The number of aromatic nitrogens is 2. The van der Waals surface area contributed by atoms with Crippen molar-refractivity contribution in [2.75, 3.05) is 0 Å². The first-order chi connectivity index (χ1) is 16.7. The van der Waals surface area contributed by atoms with Gasteiger partial charge in [-0.25, -0.2) is 9.37 Å². The Bertz CT molecular complexity index is 1270. The van der Waals surface area contributed by atoms with Crippen LogP contribution >= 0.6 is 0 Å². The van der Waals surface area contributed by atoms with E-state index in [1.807, 2.05) is 42.5 Å². The zero-order valence-electron chi connectivity index (χ0n) is 18.7. The molecule has 1 aliphatic carbocycles. The minimum absolute atomic E-state index is 0.134. The Kier molecular flexibility index (Phi) is 6.38. The fourth-order valence-corrected chi connectivity index (χ4v) is 4.39. The molecule has 0 saturated heterocycles. The number of H-pyrrole nitrogens is 1. The van der Waals surface area contributed by atoms with Crippen molar-refractivity contribution in [3.63, 3.8) is 0 Å². The Hall–Kier alpha value is -3.93. The second kappa shape index (κ2) is 9.91. The molecule has 3 aromatic carbocycles. The van der Waals surface area contributed by atoms with Gasteiger partial charge in [0.15, 0.2) is 5.78 Å². The van der Waals surface area contributed by atoms with Crippen LogP contribution in [0.2, 0.25) is 0 Å². The van der Waals surface area contributed by atoms with Crippen LogP contribution in [0.4, 0.5) is 4.39 Å². The highest BCUT2D eigenvalue weighted by Crippen LogP contribution is 2.35. The van der Waals surface area contributed by atoms with E-state index in [4.69, 9.17) is 9.47 Å². The summed E-state index contributed by atoms with van der Waals surface area (Å²) in [6.45, 7) is 0.178. The molecular weight excluding hydrogens is 431 g/mol. The van der Waals surface area contributed by atoms with Gasteiger partial charge in [-0.15, -0.1) is 0 Å². The largest absolute Gasteiger partial charge is 0.489 e. The van der Waals surface area contributed by atoms with Gasteiger partial charge in [-0.1, -0.05) is 36.4 Å². The van der Waals surface area contributed by atoms with Crippen molar-refractivity contribution >= 4 is 5.78 Å². The number of carbonyl (C=O) groups is 1. The number of carbonyl (C=O) groups excluding carboxylic acids is 1. The normalized spacial score (nSPS) is 13.9. The highest BCUT2D eigenvalue weighted by atomic mass is 19.1. The number of halogens is 1. The molecule has 1 aliphatic rings. The van der Waals surface area contributed by atoms with Gasteiger partial charge in [-0.3, -0.25) is 4.79 Å². The Morgan fingerprint density at radius 1 is 1.03 bits per heavy atom. The predicted molar refractivity (Wildman–Crippen MR) is 127 cm³/mol. The van der Waals surface area contributed by atoms with Crippen LogP contribution in [0.25, 0.3) is 0 Å². The number of nitrogens with one attached hydrogen (secondary N) is 1. The number of fused-ring (bicyclic) bond motifs is 1. The van der Waals surface area contributed by atoms with Crippen molar-refractivity contribution in [2.24, 2.45) is 0 Å². The monoisotopic (exact) mass is 456 g/mol. The van der Waals surface area contributed by atoms with Crippen LogP contribution in [0.1, 0.15) is 51.8 Å². The molecule has 0 amide bonds. The average Bonchev–Trinajstić information content (AvgIpc) is 3.37. The highest BCUT2D eigenvalue weighted by molar-refractivity contribution is 5.99. The first-order valence-electron chi connectivity index (χ1n) is 11.4. The van der Waals surface area contributed by atoms with Crippen molar-refractivity contribution in [3.8, 4) is 11.5 Å². The van der Waals surface area contributed by atoms with Crippen molar-refractivity contribution in [2.45, 2.75) is 38.4 Å². The van der Waals surface area contributed by atoms with E-state index in [2.05, 4.69) is 9.97 Å². The Morgan fingerprint density at radius 3 is 2.71 bits per heavy atom. The van der Waals surface area contributed by atoms with Gasteiger partial charge in [0.1, 0.15) is 35.9 Å². The zero-order valence-corrected chi connectivity index (χ0v) is 18.7. The van der Waals surface area contributed by atoms with E-state index < -0.39 is 0 Å². The fraction of sp³-hybridized carbons (Fsp3) is 0.214. The fourth-order valence-electron chi connectivity index (χ4n) is 4.39. The molecule has 6 heteroatoms. The lowest BCUT2D eigenvalue weighted by Crippen LogP contribution is -2.18. The van der Waals surface area contributed by atoms with Crippen LogP contribution in [0.3, 0.4) is 0 Å². The lowest BCUT2D eigenvalue weighted by Gasteiger charge is -2.25. The van der Waals surface area contributed by atoms with Crippen LogP contribution in [0.15, 0.2) is 79.1 Å². The predicted octanol–water partition coefficient (Wildman–Crippen LogP) is 6.01. The first kappa shape index (κ1) is 21.9. The van der Waals surface area contributed by atoms with E-state index in [1.165, 1.54) is 12.1 Å². The summed E-state index contributed by atoms with van der Waals surface area (Å²) in [5.74, 6) is 1.68. The SMILES string of the molecule is O=C1CCCc2c1ccc(O[C@@H](Cc1ncc[nH]1)c1ccccc1)c2COc1cccc(F)c1. The lowest BCUT2D eigenvalue weighted by atomic mass is 9.87. The quantitative estimate of drug-likeness (QED) is 0.353. The third-order valence-electron chi connectivity index (χ3n) is 6.07. The second-order valence-corrected chi connectivity index (χ2v) is 8.35. The maximum Gasteiger partial charge on any atom is 0.163 e. The summed E-state index contributed by atoms with van der Waals surface area (Å²) in [6, 6.07) is 19.7. The van der Waals surface area contributed by atoms with Gasteiger partial charge >= 0.3 is 0 Å². The number of hydrogen-bond donors (Lipinski definition) is 1. The summed E-state index contributed by atoms with van der Waals surface area (Å²) in [5.41, 5.74) is 3.52. The maximum atomic E-state index is 13.7. The molecule has 0 aliphatic heterocycles. The minimum atomic E-state index is -0.359. The number of Topliss-reactive ketones (excluding diaryl/α,β-unsaturated/α-hetero) is 1. The number of ketones is 1. The van der Waals surface area contributed by atoms with Crippen LogP contribution in [-0.4, -0.2) is 15.8 Å². The van der Waals surface area contributed by atoms with Crippen molar-refractivity contribution in [1.29, 1.82) is 0 Å². The lowest BCUT2D eigenvalue weighted by molar-refractivity contribution is 0.0971. The van der Waals surface area contributed by atoms with Crippen molar-refractivity contribution in [3.05, 3.63) is 113 Å². The van der Waals surface area contributed by atoms with Gasteiger partial charge in [-0.2, -0.15) is 0 Å². The summed E-state index contributed by atoms with van der Waals surface area (Å²) in [5, 5.41) is 0. The number of benzene rings is 3. The molecule has 0 unspecified atom stereocenters. The molecule has 1 aromatic heterocycles. The topological polar surface area (TPSA) is 64.2 Å². The number of hydrogen-bond acceptors (Lipinski definition) is 4. The van der Waals surface area contributed by atoms with E-state index in [-0.39, 0.29) is 24.3 Å². The van der Waals surface area contributed by atoms with E-state index in [1.54, 1.807) is 24.5 Å². The molecule has 0 spiro atoms. The zero-order chi connectivity index (χ0) is 23.3. The molecule has 172 valence electrons. The van der Waals surface area contributed by atoms with Crippen LogP contribution in [0.5, 0.6) is 11.5 Å². The summed E-state index contributed by atoms with van der Waals surface area (Å²) in [4.78, 5) is 20.1. The molecule has 1 heterocycles. The molecule has 5 rings (SSSR count). The summed E-state index contributed by atoms with van der Waals surface area (Å²) < 4.78 is 26.2. The molecule has 34 heavy (non-hydrogen) atoms. The average molecular weight is 457 g/mol. The van der Waals surface area contributed by atoms with Crippen LogP contribution < -0.4 is 9.47 Å². The van der Waals surface area contributed by atoms with Crippen molar-refractivity contribution < 1.29 is 18.7 Å². The molecular formula is C28H25FN2O3. The van der Waals surface area contributed by atoms with Gasteiger partial charge in [0, 0.05) is 42.4 Å². The Morgan fingerprint density at radius 2 is 1.91 bits per heavy atom. The summed E-state index contributed by atoms with van der Waals surface area (Å²) in [7, 11) is 0. The Labute approximate surface area is 197 Å². The van der Waals surface area contributed by atoms with Gasteiger partial charge in [0.05, 0.1) is 0 Å². The van der Waals surface area contributed by atoms with Crippen molar-refractivity contribution in [1.82, 2.24) is 9.97 Å². The number of nitrogens with zero attached hydrogens (tertiary/aromatic N) is 1. The summed E-state index contributed by atoms with van der Waals surface area (Å²) >= 11 is 0. The Balaban J connectivity index is 1.50. The van der Waals surface area contributed by atoms with E-state index in [0.717, 1.165) is 40.9 Å². The molecule has 1 N–H and O–H groups in total. The van der Waals surface area contributed by atoms with Crippen LogP contribution in [0, 0.1) is 5.82 Å². The van der Waals surface area contributed by atoms with Gasteiger partial charge in [0.2, 0.25) is 0 Å². The third-order valence-corrected chi connectivity index (χ3v) is 6.07. The number of rotatable bonds is 8.